The highest BCUT2D eigenvalue weighted by atomic mass is 16.3. The molecule has 0 fully saturated rings. The van der Waals surface area contributed by atoms with Crippen molar-refractivity contribution in [1.29, 1.82) is 0 Å². The first-order valence-electron chi connectivity index (χ1n) is 5.54. The van der Waals surface area contributed by atoms with E-state index in [1.165, 1.54) is 0 Å². The molecule has 2 aromatic rings. The van der Waals surface area contributed by atoms with Gasteiger partial charge in [0.05, 0.1) is 6.10 Å². The Labute approximate surface area is 98.9 Å². The maximum absolute atomic E-state index is 9.07. The quantitative estimate of drug-likeness (QED) is 0.586. The summed E-state index contributed by atoms with van der Waals surface area (Å²) < 4.78 is 1.80. The molecule has 0 aliphatic heterocycles. The molecule has 0 saturated carbocycles. The fourth-order valence-corrected chi connectivity index (χ4v) is 1.46. The van der Waals surface area contributed by atoms with Crippen molar-refractivity contribution in [1.82, 2.24) is 24.9 Å². The number of aliphatic hydroxyl groups excluding tert-OH is 1. The van der Waals surface area contributed by atoms with Crippen molar-refractivity contribution in [2.45, 2.75) is 13.0 Å². The van der Waals surface area contributed by atoms with Crippen molar-refractivity contribution in [3.8, 4) is 0 Å². The number of fused-ring (bicyclic) bond motifs is 1. The average molecular weight is 236 g/mol. The third kappa shape index (κ3) is 3.11. The van der Waals surface area contributed by atoms with Crippen molar-refractivity contribution < 1.29 is 5.11 Å². The van der Waals surface area contributed by atoms with Gasteiger partial charge in [0.1, 0.15) is 6.33 Å². The highest BCUT2D eigenvalue weighted by Crippen LogP contribution is 2.08. The zero-order valence-corrected chi connectivity index (χ0v) is 9.67. The summed E-state index contributed by atoms with van der Waals surface area (Å²) in [6, 6.07) is 0. The van der Waals surface area contributed by atoms with Crippen LogP contribution in [0.2, 0.25) is 0 Å². The maximum atomic E-state index is 9.07. The third-order valence-electron chi connectivity index (χ3n) is 2.25. The zero-order valence-electron chi connectivity index (χ0n) is 9.67. The van der Waals surface area contributed by atoms with Gasteiger partial charge in [-0.15, -0.1) is 10.2 Å². The lowest BCUT2D eigenvalue weighted by molar-refractivity contribution is 0.192. The minimum atomic E-state index is -0.326. The molecule has 1 atom stereocenters. The van der Waals surface area contributed by atoms with Crippen LogP contribution in [0.15, 0.2) is 18.7 Å². The van der Waals surface area contributed by atoms with Gasteiger partial charge < -0.3 is 15.7 Å². The number of rotatable bonds is 6. The monoisotopic (exact) mass is 236 g/mol. The van der Waals surface area contributed by atoms with Crippen LogP contribution >= 0.6 is 0 Å². The molecule has 17 heavy (non-hydrogen) atoms. The molecule has 92 valence electrons. The lowest BCUT2D eigenvalue weighted by Crippen LogP contribution is -2.29. The van der Waals surface area contributed by atoms with Crippen LogP contribution in [0.25, 0.3) is 5.65 Å². The van der Waals surface area contributed by atoms with Crippen molar-refractivity contribution in [2.75, 3.05) is 25.0 Å². The molecule has 7 heteroatoms. The molecule has 0 aliphatic rings. The van der Waals surface area contributed by atoms with E-state index >= 15 is 0 Å². The molecule has 2 aromatic heterocycles. The Kier molecular flexibility index (Phi) is 3.84. The second kappa shape index (κ2) is 5.55. The lowest BCUT2D eigenvalue weighted by atomic mass is 10.4. The van der Waals surface area contributed by atoms with Gasteiger partial charge in [0.2, 0.25) is 5.65 Å². The van der Waals surface area contributed by atoms with Gasteiger partial charge in [-0.25, -0.2) is 4.98 Å². The zero-order chi connectivity index (χ0) is 12.1. The Morgan fingerprint density at radius 1 is 1.47 bits per heavy atom. The van der Waals surface area contributed by atoms with Crippen LogP contribution in [0.1, 0.15) is 6.92 Å². The molecule has 0 spiro atoms. The highest BCUT2D eigenvalue weighted by Gasteiger charge is 2.03. The average Bonchev–Trinajstić information content (AvgIpc) is 2.77. The topological polar surface area (TPSA) is 87.4 Å². The minimum Gasteiger partial charge on any atom is -0.392 e. The molecule has 0 radical (unpaired) electrons. The van der Waals surface area contributed by atoms with Gasteiger partial charge in [-0.05, 0) is 6.92 Å². The van der Waals surface area contributed by atoms with Gasteiger partial charge in [0.15, 0.2) is 5.82 Å². The van der Waals surface area contributed by atoms with Crippen molar-refractivity contribution in [3.05, 3.63) is 18.7 Å². The molecule has 0 aromatic carbocycles. The summed E-state index contributed by atoms with van der Waals surface area (Å²) in [5.41, 5.74) is 0.711. The molecule has 0 bridgehead atoms. The fraction of sp³-hybridized carbons (Fsp3) is 0.500. The van der Waals surface area contributed by atoms with E-state index in [9.17, 15) is 0 Å². The van der Waals surface area contributed by atoms with Crippen LogP contribution in [-0.2, 0) is 0 Å². The Hall–Kier alpha value is -1.73. The largest absolute Gasteiger partial charge is 0.392 e. The summed E-state index contributed by atoms with van der Waals surface area (Å²) in [6.45, 7) is 3.80. The van der Waals surface area contributed by atoms with E-state index < -0.39 is 0 Å². The molecule has 0 aliphatic carbocycles. The standard InChI is InChI=1S/C10H16N6O/c1-8(17)6-11-2-3-12-9-10-15-14-7-16(10)5-4-13-9/h4-5,7-8,11,17H,2-3,6H2,1H3,(H,12,13). The first-order valence-corrected chi connectivity index (χ1v) is 5.54. The molecular weight excluding hydrogens is 220 g/mol. The highest BCUT2D eigenvalue weighted by molar-refractivity contribution is 5.61. The Bertz CT molecular complexity index is 469. The van der Waals surface area contributed by atoms with Gasteiger partial charge >= 0.3 is 0 Å². The Morgan fingerprint density at radius 3 is 3.18 bits per heavy atom. The van der Waals surface area contributed by atoms with Crippen LogP contribution in [0.5, 0.6) is 0 Å². The maximum Gasteiger partial charge on any atom is 0.203 e. The molecule has 2 heterocycles. The van der Waals surface area contributed by atoms with Gasteiger partial charge in [-0.2, -0.15) is 0 Å². The predicted molar refractivity (Wildman–Crippen MR) is 63.8 cm³/mol. The van der Waals surface area contributed by atoms with Crippen LogP contribution < -0.4 is 10.6 Å². The number of aromatic nitrogens is 4. The van der Waals surface area contributed by atoms with Crippen LogP contribution in [-0.4, -0.2) is 50.4 Å². The molecule has 7 nitrogen and oxygen atoms in total. The van der Waals surface area contributed by atoms with E-state index in [2.05, 4.69) is 25.8 Å². The van der Waals surface area contributed by atoms with Crippen LogP contribution in [0.3, 0.4) is 0 Å². The van der Waals surface area contributed by atoms with Gasteiger partial charge in [0, 0.05) is 32.0 Å². The SMILES string of the molecule is CC(O)CNCCNc1nccn2cnnc12. The van der Waals surface area contributed by atoms with Crippen LogP contribution in [0, 0.1) is 0 Å². The first-order chi connectivity index (χ1) is 8.27. The molecule has 0 amide bonds. The minimum absolute atomic E-state index is 0.326. The number of aliphatic hydroxyl groups is 1. The summed E-state index contributed by atoms with van der Waals surface area (Å²) in [7, 11) is 0. The summed E-state index contributed by atoms with van der Waals surface area (Å²) in [6.07, 6.45) is 4.80. The van der Waals surface area contributed by atoms with E-state index in [0.717, 1.165) is 6.54 Å². The van der Waals surface area contributed by atoms with E-state index in [0.29, 0.717) is 24.6 Å². The van der Waals surface area contributed by atoms with E-state index in [-0.39, 0.29) is 6.10 Å². The smallest absolute Gasteiger partial charge is 0.203 e. The number of nitrogens with zero attached hydrogens (tertiary/aromatic N) is 4. The van der Waals surface area contributed by atoms with Gasteiger partial charge in [-0.1, -0.05) is 0 Å². The lowest BCUT2D eigenvalue weighted by Gasteiger charge is -2.08. The predicted octanol–water partition coefficient (Wildman–Crippen LogP) is -0.493. The number of hydrogen-bond donors (Lipinski definition) is 3. The molecule has 3 N–H and O–H groups in total. The second-order valence-electron chi connectivity index (χ2n) is 3.82. The molecule has 0 saturated heterocycles. The van der Waals surface area contributed by atoms with Gasteiger partial charge in [-0.3, -0.25) is 4.40 Å². The molecule has 2 rings (SSSR count). The normalized spacial score (nSPS) is 12.8. The Morgan fingerprint density at radius 2 is 2.35 bits per heavy atom. The van der Waals surface area contributed by atoms with Gasteiger partial charge in [0.25, 0.3) is 0 Å². The number of hydrogen-bond acceptors (Lipinski definition) is 6. The van der Waals surface area contributed by atoms with E-state index in [4.69, 9.17) is 5.11 Å². The number of anilines is 1. The Balaban J connectivity index is 1.84. The van der Waals surface area contributed by atoms with E-state index in [1.807, 2.05) is 0 Å². The van der Waals surface area contributed by atoms with Crippen LogP contribution in [0.4, 0.5) is 5.82 Å². The molecular formula is C10H16N6O. The summed E-state index contributed by atoms with van der Waals surface area (Å²) >= 11 is 0. The second-order valence-corrected chi connectivity index (χ2v) is 3.82. The summed E-state index contributed by atoms with van der Waals surface area (Å²) in [4.78, 5) is 4.20. The fourth-order valence-electron chi connectivity index (χ4n) is 1.46. The molecule has 1 unspecified atom stereocenters. The van der Waals surface area contributed by atoms with Crippen molar-refractivity contribution in [3.63, 3.8) is 0 Å². The van der Waals surface area contributed by atoms with Crippen molar-refractivity contribution >= 4 is 11.5 Å². The summed E-state index contributed by atoms with van der Waals surface area (Å²) in [5.74, 6) is 0.712. The van der Waals surface area contributed by atoms with Crippen molar-refractivity contribution in [2.24, 2.45) is 0 Å². The first kappa shape index (κ1) is 11.7. The van der Waals surface area contributed by atoms with E-state index in [1.54, 1.807) is 30.0 Å². The number of nitrogens with one attached hydrogen (secondary N) is 2. The summed E-state index contributed by atoms with van der Waals surface area (Å²) in [5, 5.41) is 23.1. The third-order valence-corrected chi connectivity index (χ3v) is 2.25.